The largest absolute Gasteiger partial charge is 0.508 e. The van der Waals surface area contributed by atoms with Gasteiger partial charge < -0.3 is 10.2 Å². The van der Waals surface area contributed by atoms with Crippen LogP contribution in [-0.4, -0.2) is 28.4 Å². The number of carbonyl (C=O) groups excluding carboxylic acids is 1. The van der Waals surface area contributed by atoms with Crippen molar-refractivity contribution in [2.75, 3.05) is 0 Å². The first kappa shape index (κ1) is 16.0. The molecule has 2 aliphatic rings. The molecule has 0 aliphatic heterocycles. The Morgan fingerprint density at radius 1 is 1.26 bits per heavy atom. The van der Waals surface area contributed by atoms with Gasteiger partial charge in [0.05, 0.1) is 17.7 Å². The van der Waals surface area contributed by atoms with Crippen LogP contribution < -0.4 is 5.43 Å². The maximum atomic E-state index is 12.8. The average molecular weight is 316 g/mol. The van der Waals surface area contributed by atoms with Gasteiger partial charge >= 0.3 is 0 Å². The van der Waals surface area contributed by atoms with Gasteiger partial charge in [0.15, 0.2) is 0 Å². The molecule has 1 aromatic carbocycles. The minimum absolute atomic E-state index is 0.113. The molecule has 3 atom stereocenters. The third-order valence-corrected chi connectivity index (χ3v) is 6.68. The lowest BCUT2D eigenvalue weighted by Crippen LogP contribution is -2.45. The fourth-order valence-corrected chi connectivity index (χ4v) is 4.46. The van der Waals surface area contributed by atoms with Crippen LogP contribution >= 0.6 is 0 Å². The topological polar surface area (TPSA) is 81.9 Å². The summed E-state index contributed by atoms with van der Waals surface area (Å²) in [6, 6.07) is 6.58. The molecule has 2 aliphatic carbocycles. The highest BCUT2D eigenvalue weighted by atomic mass is 16.3. The Morgan fingerprint density at radius 2 is 1.91 bits per heavy atom. The number of fused-ring (bicyclic) bond motifs is 2. The van der Waals surface area contributed by atoms with Gasteiger partial charge in [-0.1, -0.05) is 20.8 Å². The number of aromatic hydroxyl groups is 1. The second-order valence-corrected chi connectivity index (χ2v) is 7.64. The summed E-state index contributed by atoms with van der Waals surface area (Å²) in [7, 11) is 0. The van der Waals surface area contributed by atoms with Gasteiger partial charge in [-0.05, 0) is 59.9 Å². The van der Waals surface area contributed by atoms with E-state index in [2.05, 4.69) is 31.3 Å². The van der Waals surface area contributed by atoms with Crippen LogP contribution in [0.5, 0.6) is 5.75 Å². The first-order valence-corrected chi connectivity index (χ1v) is 8.04. The summed E-state index contributed by atoms with van der Waals surface area (Å²) in [6.07, 6.45) is 3.25. The second-order valence-electron chi connectivity index (χ2n) is 7.64. The standard InChI is InChI=1S/C18H24N2O3/c1-16(2)17(3)8-9-18(16,10-14(17)22)15(23)20-19-11-12-4-6-13(21)7-5-12/h4-7,11,14,21-22H,8-10H2,1-3H3,(H,20,23)/b19-11-/t14-,17-,18-/m0/s1. The van der Waals surface area contributed by atoms with Gasteiger partial charge in [0, 0.05) is 0 Å². The molecule has 1 aromatic rings. The van der Waals surface area contributed by atoms with E-state index in [1.165, 1.54) is 0 Å². The third kappa shape index (κ3) is 2.10. The molecule has 0 aromatic heterocycles. The smallest absolute Gasteiger partial charge is 0.246 e. The van der Waals surface area contributed by atoms with Crippen LogP contribution in [-0.2, 0) is 4.79 Å². The molecule has 1 amide bonds. The second kappa shape index (κ2) is 5.06. The Morgan fingerprint density at radius 3 is 2.43 bits per heavy atom. The molecule has 3 rings (SSSR count). The predicted molar refractivity (Wildman–Crippen MR) is 88.0 cm³/mol. The molecular formula is C18H24N2O3. The molecular weight excluding hydrogens is 292 g/mol. The Balaban J connectivity index is 1.75. The molecule has 124 valence electrons. The number of rotatable bonds is 3. The Bertz CT molecular complexity index is 653. The van der Waals surface area contributed by atoms with Crippen LogP contribution in [0.4, 0.5) is 0 Å². The number of phenols is 1. The number of amides is 1. The monoisotopic (exact) mass is 316 g/mol. The highest BCUT2D eigenvalue weighted by molar-refractivity contribution is 5.87. The van der Waals surface area contributed by atoms with Gasteiger partial charge in [0.1, 0.15) is 5.75 Å². The van der Waals surface area contributed by atoms with Crippen molar-refractivity contribution in [1.29, 1.82) is 0 Å². The molecule has 5 heteroatoms. The normalized spacial score (nSPS) is 34.9. The Hall–Kier alpha value is -1.88. The van der Waals surface area contributed by atoms with Gasteiger partial charge in [-0.2, -0.15) is 5.10 Å². The quantitative estimate of drug-likeness (QED) is 0.591. The molecule has 0 heterocycles. The first-order valence-electron chi connectivity index (χ1n) is 8.04. The molecule has 3 N–H and O–H groups in total. The zero-order valence-corrected chi connectivity index (χ0v) is 13.8. The van der Waals surface area contributed by atoms with Crippen molar-refractivity contribution in [1.82, 2.24) is 5.43 Å². The fraction of sp³-hybridized carbons (Fsp3) is 0.556. The minimum atomic E-state index is -0.562. The van der Waals surface area contributed by atoms with Crippen LogP contribution in [0.25, 0.3) is 0 Å². The maximum absolute atomic E-state index is 12.8. The molecule has 0 spiro atoms. The fourth-order valence-electron chi connectivity index (χ4n) is 4.46. The number of phenolic OH excluding ortho intramolecular Hbond substituents is 1. The molecule has 2 fully saturated rings. The summed E-state index contributed by atoms with van der Waals surface area (Å²) in [5.41, 5.74) is 2.40. The molecule has 2 saturated carbocycles. The van der Waals surface area contributed by atoms with Crippen LogP contribution in [0.15, 0.2) is 29.4 Å². The van der Waals surface area contributed by atoms with Crippen LogP contribution in [0, 0.1) is 16.2 Å². The number of nitrogens with one attached hydrogen (secondary N) is 1. The summed E-state index contributed by atoms with van der Waals surface area (Å²) in [6.45, 7) is 6.25. The molecule has 2 bridgehead atoms. The lowest BCUT2D eigenvalue weighted by molar-refractivity contribution is -0.136. The molecule has 0 saturated heterocycles. The Labute approximate surface area is 136 Å². The summed E-state index contributed by atoms with van der Waals surface area (Å²) >= 11 is 0. The molecule has 0 unspecified atom stereocenters. The van der Waals surface area contributed by atoms with Crippen molar-refractivity contribution < 1.29 is 15.0 Å². The van der Waals surface area contributed by atoms with Crippen molar-refractivity contribution in [2.45, 2.75) is 46.1 Å². The van der Waals surface area contributed by atoms with E-state index in [1.807, 2.05) is 0 Å². The van der Waals surface area contributed by atoms with Crippen LogP contribution in [0.3, 0.4) is 0 Å². The van der Waals surface area contributed by atoms with Gasteiger partial charge in [-0.15, -0.1) is 0 Å². The SMILES string of the molecule is CC1(C)[C@@]2(C(=O)N/N=C\c3ccc(O)cc3)CC[C@@]1(C)[C@@H](O)C2. The van der Waals surface area contributed by atoms with Gasteiger partial charge in [-0.3, -0.25) is 4.79 Å². The van der Waals surface area contributed by atoms with E-state index in [0.29, 0.717) is 6.42 Å². The minimum Gasteiger partial charge on any atom is -0.508 e. The van der Waals surface area contributed by atoms with Crippen molar-refractivity contribution >= 4 is 12.1 Å². The number of nitrogens with zero attached hydrogens (tertiary/aromatic N) is 1. The number of hydrogen-bond acceptors (Lipinski definition) is 4. The summed E-state index contributed by atoms with van der Waals surface area (Å²) in [4.78, 5) is 12.8. The zero-order valence-electron chi connectivity index (χ0n) is 13.8. The first-order chi connectivity index (χ1) is 10.7. The van der Waals surface area contributed by atoms with E-state index in [1.54, 1.807) is 30.5 Å². The molecule has 0 radical (unpaired) electrons. The number of aliphatic hydroxyl groups excluding tert-OH is 1. The summed E-state index contributed by atoms with van der Waals surface area (Å²) in [5, 5.41) is 23.7. The van der Waals surface area contributed by atoms with E-state index < -0.39 is 11.5 Å². The van der Waals surface area contributed by atoms with E-state index in [0.717, 1.165) is 18.4 Å². The van der Waals surface area contributed by atoms with Crippen molar-refractivity contribution in [3.8, 4) is 5.75 Å². The van der Waals surface area contributed by atoms with Crippen molar-refractivity contribution in [2.24, 2.45) is 21.3 Å². The lowest BCUT2D eigenvalue weighted by atomic mass is 9.64. The maximum Gasteiger partial charge on any atom is 0.246 e. The summed E-state index contributed by atoms with van der Waals surface area (Å²) in [5.74, 6) is 0.0785. The number of hydrazone groups is 1. The highest BCUT2D eigenvalue weighted by Gasteiger charge is 2.72. The third-order valence-electron chi connectivity index (χ3n) is 6.68. The van der Waals surface area contributed by atoms with Crippen LogP contribution in [0.1, 0.15) is 45.6 Å². The number of hydrogen-bond donors (Lipinski definition) is 3. The number of aliphatic hydroxyl groups is 1. The van der Waals surface area contributed by atoms with Gasteiger partial charge in [0.25, 0.3) is 0 Å². The number of benzene rings is 1. The number of carbonyl (C=O) groups is 1. The van der Waals surface area contributed by atoms with Crippen molar-refractivity contribution in [3.63, 3.8) is 0 Å². The van der Waals surface area contributed by atoms with E-state index in [9.17, 15) is 15.0 Å². The lowest BCUT2D eigenvalue weighted by Gasteiger charge is -2.39. The average Bonchev–Trinajstić information content (AvgIpc) is 2.79. The van der Waals surface area contributed by atoms with Crippen molar-refractivity contribution in [3.05, 3.63) is 29.8 Å². The van der Waals surface area contributed by atoms with Crippen LogP contribution in [0.2, 0.25) is 0 Å². The predicted octanol–water partition coefficient (Wildman–Crippen LogP) is 2.42. The van der Waals surface area contributed by atoms with Gasteiger partial charge in [-0.25, -0.2) is 5.43 Å². The highest BCUT2D eigenvalue weighted by Crippen LogP contribution is 2.72. The summed E-state index contributed by atoms with van der Waals surface area (Å²) < 4.78 is 0. The zero-order chi connectivity index (χ0) is 16.9. The molecule has 5 nitrogen and oxygen atoms in total. The van der Waals surface area contributed by atoms with E-state index in [-0.39, 0.29) is 22.5 Å². The Kier molecular flexibility index (Phi) is 3.52. The molecule has 23 heavy (non-hydrogen) atoms. The van der Waals surface area contributed by atoms with E-state index >= 15 is 0 Å². The van der Waals surface area contributed by atoms with E-state index in [4.69, 9.17) is 0 Å². The van der Waals surface area contributed by atoms with Gasteiger partial charge in [0.2, 0.25) is 5.91 Å².